The summed E-state index contributed by atoms with van der Waals surface area (Å²) in [5.74, 6) is 0. The molecule has 0 unspecified atom stereocenters. The number of nitrogens with zero attached hydrogens (tertiary/aromatic N) is 1. The van der Waals surface area contributed by atoms with Crippen molar-refractivity contribution in [3.63, 3.8) is 0 Å². The molecule has 0 fully saturated rings. The van der Waals surface area contributed by atoms with Crippen LogP contribution >= 0.6 is 11.3 Å². The summed E-state index contributed by atoms with van der Waals surface area (Å²) in [7, 11) is 0. The average Bonchev–Trinajstić information content (AvgIpc) is 3.86. The molecule has 2 aromatic heterocycles. The molecule has 0 amide bonds. The van der Waals surface area contributed by atoms with E-state index in [1.54, 1.807) is 0 Å². The maximum atomic E-state index is 6.77. The van der Waals surface area contributed by atoms with E-state index >= 15 is 0 Å². The van der Waals surface area contributed by atoms with Crippen LogP contribution in [0.1, 0.15) is 41.8 Å². The molecule has 0 saturated carbocycles. The summed E-state index contributed by atoms with van der Waals surface area (Å²) in [4.78, 5) is 3.84. The Morgan fingerprint density at radius 1 is 0.593 bits per heavy atom. The van der Waals surface area contributed by atoms with Crippen molar-refractivity contribution in [2.75, 3.05) is 4.90 Å². The Labute approximate surface area is 319 Å². The normalized spacial score (nSPS) is 14.0. The number of fused-ring (bicyclic) bond motifs is 9. The molecule has 54 heavy (non-hydrogen) atoms. The van der Waals surface area contributed by atoms with Crippen molar-refractivity contribution in [1.29, 1.82) is 0 Å². The van der Waals surface area contributed by atoms with Gasteiger partial charge in [-0.2, -0.15) is 0 Å². The van der Waals surface area contributed by atoms with Gasteiger partial charge in [0.1, 0.15) is 11.2 Å². The van der Waals surface area contributed by atoms with Gasteiger partial charge >= 0.3 is 0 Å². The van der Waals surface area contributed by atoms with Gasteiger partial charge in [-0.3, -0.25) is 0 Å². The Bertz CT molecular complexity index is 2960. The number of thiophene rings is 1. The fourth-order valence-corrected chi connectivity index (χ4v) is 10.4. The zero-order valence-corrected chi connectivity index (χ0v) is 31.1. The van der Waals surface area contributed by atoms with Crippen molar-refractivity contribution in [3.8, 4) is 33.4 Å². The average molecular weight is 712 g/mol. The number of benzene rings is 7. The van der Waals surface area contributed by atoms with Crippen molar-refractivity contribution >= 4 is 66.5 Å². The Balaban J connectivity index is 1.14. The monoisotopic (exact) mass is 711 g/mol. The number of allylic oxidation sites excluding steroid dienone is 1. The van der Waals surface area contributed by atoms with Crippen LogP contribution in [0, 0.1) is 0 Å². The van der Waals surface area contributed by atoms with Crippen LogP contribution in [0.2, 0.25) is 0 Å². The van der Waals surface area contributed by atoms with Crippen LogP contribution in [0.25, 0.3) is 71.5 Å². The molecule has 2 aliphatic carbocycles. The van der Waals surface area contributed by atoms with Crippen LogP contribution in [0.4, 0.5) is 17.1 Å². The first-order chi connectivity index (χ1) is 26.5. The van der Waals surface area contributed by atoms with Gasteiger partial charge in [-0.05, 0) is 111 Å². The first-order valence-electron chi connectivity index (χ1n) is 18.9. The van der Waals surface area contributed by atoms with Gasteiger partial charge < -0.3 is 9.32 Å². The third-order valence-electron chi connectivity index (χ3n) is 11.8. The number of para-hydroxylation sites is 1. The summed E-state index contributed by atoms with van der Waals surface area (Å²) in [6.45, 7) is 4.71. The molecule has 7 aromatic carbocycles. The first-order valence-corrected chi connectivity index (χ1v) is 19.7. The van der Waals surface area contributed by atoms with Crippen LogP contribution in [0.3, 0.4) is 0 Å². The smallest absolute Gasteiger partial charge is 0.145 e. The summed E-state index contributed by atoms with van der Waals surface area (Å²) in [6, 6.07) is 55.6. The second kappa shape index (κ2) is 11.9. The molecule has 2 heterocycles. The Morgan fingerprint density at radius 2 is 1.33 bits per heavy atom. The Kier molecular flexibility index (Phi) is 6.93. The van der Waals surface area contributed by atoms with E-state index in [-0.39, 0.29) is 5.41 Å². The molecule has 3 heteroatoms. The lowest BCUT2D eigenvalue weighted by molar-refractivity contribution is 0.660. The van der Waals surface area contributed by atoms with Gasteiger partial charge in [-0.1, -0.05) is 129 Å². The zero-order chi connectivity index (χ0) is 36.0. The predicted molar refractivity (Wildman–Crippen MR) is 230 cm³/mol. The minimum Gasteiger partial charge on any atom is -0.455 e. The largest absolute Gasteiger partial charge is 0.455 e. The number of hydrogen-bond acceptors (Lipinski definition) is 3. The van der Waals surface area contributed by atoms with E-state index in [0.717, 1.165) is 63.0 Å². The summed E-state index contributed by atoms with van der Waals surface area (Å²) in [6.07, 6.45) is 6.86. The lowest BCUT2D eigenvalue weighted by atomic mass is 9.82. The minimum atomic E-state index is -0.129. The SMILES string of the molecule is CC1(C)c2ccccc2-c2ccc(N(c3ccc(-c4cccc5c6c(sc45)C=CCC6)cc3)c3ccc4c(oc5ccccc54)c3-c3ccccc3)cc21. The third kappa shape index (κ3) is 4.65. The maximum Gasteiger partial charge on any atom is 0.145 e. The van der Waals surface area contributed by atoms with Crippen molar-refractivity contribution in [2.24, 2.45) is 0 Å². The number of rotatable bonds is 5. The zero-order valence-electron chi connectivity index (χ0n) is 30.3. The maximum absolute atomic E-state index is 6.77. The fraction of sp³-hybridized carbons (Fsp3) is 0.0980. The van der Waals surface area contributed by atoms with Gasteiger partial charge in [-0.15, -0.1) is 11.3 Å². The molecule has 0 aliphatic heterocycles. The van der Waals surface area contributed by atoms with E-state index in [2.05, 4.69) is 183 Å². The van der Waals surface area contributed by atoms with Crippen molar-refractivity contribution in [2.45, 2.75) is 32.1 Å². The number of aryl methyl sites for hydroxylation is 1. The van der Waals surface area contributed by atoms with Crippen LogP contribution in [0.15, 0.2) is 162 Å². The van der Waals surface area contributed by atoms with Crippen LogP contribution < -0.4 is 4.90 Å². The van der Waals surface area contributed by atoms with Crippen molar-refractivity contribution in [1.82, 2.24) is 0 Å². The molecular formula is C51H37NOS. The summed E-state index contributed by atoms with van der Waals surface area (Å²) >= 11 is 1.93. The molecule has 0 atom stereocenters. The molecule has 0 radical (unpaired) electrons. The Hall–Kier alpha value is -6.16. The van der Waals surface area contributed by atoms with Gasteiger partial charge in [0.25, 0.3) is 0 Å². The summed E-state index contributed by atoms with van der Waals surface area (Å²) in [5, 5.41) is 3.65. The topological polar surface area (TPSA) is 16.4 Å². The number of furan rings is 1. The molecule has 2 aliphatic rings. The quantitative estimate of drug-likeness (QED) is 0.177. The van der Waals surface area contributed by atoms with Crippen LogP contribution in [0.5, 0.6) is 0 Å². The lowest BCUT2D eigenvalue weighted by Crippen LogP contribution is -2.17. The predicted octanol–water partition coefficient (Wildman–Crippen LogP) is 14.9. The van der Waals surface area contributed by atoms with Crippen molar-refractivity contribution < 1.29 is 4.42 Å². The van der Waals surface area contributed by atoms with E-state index in [4.69, 9.17) is 4.42 Å². The van der Waals surface area contributed by atoms with Gasteiger partial charge in [0, 0.05) is 42.7 Å². The molecular weight excluding hydrogens is 675 g/mol. The second-order valence-electron chi connectivity index (χ2n) is 15.2. The second-order valence-corrected chi connectivity index (χ2v) is 16.2. The van der Waals surface area contributed by atoms with E-state index in [1.807, 2.05) is 11.3 Å². The van der Waals surface area contributed by atoms with E-state index in [0.29, 0.717) is 0 Å². The number of anilines is 3. The highest BCUT2D eigenvalue weighted by atomic mass is 32.1. The molecule has 0 N–H and O–H groups in total. The Morgan fingerprint density at radius 3 is 2.22 bits per heavy atom. The van der Waals surface area contributed by atoms with Crippen LogP contribution in [-0.4, -0.2) is 0 Å². The highest BCUT2D eigenvalue weighted by molar-refractivity contribution is 7.20. The first kappa shape index (κ1) is 31.4. The molecule has 0 spiro atoms. The molecule has 11 rings (SSSR count). The van der Waals surface area contributed by atoms with Gasteiger partial charge in [0.15, 0.2) is 0 Å². The highest BCUT2D eigenvalue weighted by Gasteiger charge is 2.36. The van der Waals surface area contributed by atoms with Crippen molar-refractivity contribution in [3.05, 3.63) is 179 Å². The molecule has 258 valence electrons. The van der Waals surface area contributed by atoms with E-state index < -0.39 is 0 Å². The van der Waals surface area contributed by atoms with Gasteiger partial charge in [0.05, 0.1) is 5.69 Å². The minimum absolute atomic E-state index is 0.129. The fourth-order valence-electron chi connectivity index (χ4n) is 9.12. The number of hydrogen-bond donors (Lipinski definition) is 0. The molecule has 0 saturated heterocycles. The van der Waals surface area contributed by atoms with Gasteiger partial charge in [-0.25, -0.2) is 0 Å². The summed E-state index contributed by atoms with van der Waals surface area (Å²) < 4.78 is 8.15. The molecule has 0 bridgehead atoms. The van der Waals surface area contributed by atoms with E-state index in [1.165, 1.54) is 53.9 Å². The standard InChI is InChI=1S/C51H37NOS/c1-51(2)43-20-9-6-15-37(43)38-28-27-35(31-44(38)51)52(34-25-23-32(24-26-34)36-18-12-19-42-40-17-8-11-22-47(40)54-50(36)42)45-30-29-41-39-16-7-10-21-46(39)53-49(41)48(45)33-13-4-3-5-14-33/h3-7,9-16,18-31H,8,17H2,1-2H3. The highest BCUT2D eigenvalue weighted by Crippen LogP contribution is 2.52. The van der Waals surface area contributed by atoms with Crippen LogP contribution in [-0.2, 0) is 11.8 Å². The third-order valence-corrected chi connectivity index (χ3v) is 13.0. The van der Waals surface area contributed by atoms with Gasteiger partial charge in [0.2, 0.25) is 0 Å². The molecule has 2 nitrogen and oxygen atoms in total. The molecule has 9 aromatic rings. The lowest BCUT2D eigenvalue weighted by Gasteiger charge is -2.30. The van der Waals surface area contributed by atoms with E-state index in [9.17, 15) is 0 Å². The summed E-state index contributed by atoms with van der Waals surface area (Å²) in [5.41, 5.74) is 16.6.